The summed E-state index contributed by atoms with van der Waals surface area (Å²) in [6.45, 7) is 1.97. The van der Waals surface area contributed by atoms with Crippen LogP contribution in [0.25, 0.3) is 16.9 Å². The molecule has 1 atom stereocenters. The van der Waals surface area contributed by atoms with Crippen LogP contribution in [-0.2, 0) is 22.7 Å². The van der Waals surface area contributed by atoms with Crippen molar-refractivity contribution >= 4 is 38.2 Å². The SMILES string of the molecule is CN1Cc2cc(Nc3ncc4c(F)cn(-c5cccc(N=S(C)(C)=O)n5)c4n3)cc3c2C(CC=CC3)C1. The van der Waals surface area contributed by atoms with Crippen molar-refractivity contribution in [2.24, 2.45) is 4.36 Å². The first-order valence-electron chi connectivity index (χ1n) is 12.2. The first-order chi connectivity index (χ1) is 17.7. The highest BCUT2D eigenvalue weighted by atomic mass is 32.2. The minimum Gasteiger partial charge on any atom is -0.324 e. The molecule has 10 heteroatoms. The van der Waals surface area contributed by atoms with Gasteiger partial charge in [-0.1, -0.05) is 18.2 Å². The Labute approximate surface area is 215 Å². The van der Waals surface area contributed by atoms with Gasteiger partial charge in [0.2, 0.25) is 5.95 Å². The van der Waals surface area contributed by atoms with Crippen molar-refractivity contribution in [2.75, 3.05) is 31.4 Å². The second kappa shape index (κ2) is 9.04. The lowest BCUT2D eigenvalue weighted by atomic mass is 9.84. The van der Waals surface area contributed by atoms with Gasteiger partial charge in [-0.2, -0.15) is 9.35 Å². The molecule has 0 bridgehead atoms. The summed E-state index contributed by atoms with van der Waals surface area (Å²) in [5.41, 5.74) is 5.42. The Balaban J connectivity index is 1.39. The summed E-state index contributed by atoms with van der Waals surface area (Å²) < 4.78 is 32.7. The fourth-order valence-electron chi connectivity index (χ4n) is 5.32. The van der Waals surface area contributed by atoms with E-state index in [1.54, 1.807) is 35.3 Å². The summed E-state index contributed by atoms with van der Waals surface area (Å²) in [6.07, 6.45) is 12.4. The largest absolute Gasteiger partial charge is 0.324 e. The molecule has 0 fully saturated rings. The molecule has 0 amide bonds. The molecular weight excluding hydrogens is 489 g/mol. The number of pyridine rings is 1. The summed E-state index contributed by atoms with van der Waals surface area (Å²) in [5, 5.41) is 3.64. The van der Waals surface area contributed by atoms with Crippen LogP contribution in [0.2, 0.25) is 0 Å². The highest BCUT2D eigenvalue weighted by Gasteiger charge is 2.27. The van der Waals surface area contributed by atoms with Gasteiger partial charge in [0, 0.05) is 59.3 Å². The molecule has 37 heavy (non-hydrogen) atoms. The standard InChI is InChI=1S/C27H28FN7OS/c1-34-14-18-8-5-4-7-17-11-20(12-19(15-34)25(17)18)30-27-29-13-21-22(28)16-35(26(21)32-27)24-10-6-9-23(31-24)33-37(2,3)36/h4-6,9-13,16,18H,7-8,14-15H2,1-3H3,(H,29,30,32). The normalized spacial score (nSPS) is 17.5. The van der Waals surface area contributed by atoms with Gasteiger partial charge < -0.3 is 10.2 Å². The zero-order valence-corrected chi connectivity index (χ0v) is 21.8. The lowest BCUT2D eigenvalue weighted by Crippen LogP contribution is -2.30. The van der Waals surface area contributed by atoms with E-state index in [4.69, 9.17) is 0 Å². The van der Waals surface area contributed by atoms with Crippen molar-refractivity contribution < 1.29 is 8.60 Å². The van der Waals surface area contributed by atoms with Crippen LogP contribution in [0.3, 0.4) is 0 Å². The zero-order chi connectivity index (χ0) is 25.7. The van der Waals surface area contributed by atoms with E-state index >= 15 is 0 Å². The molecule has 1 N–H and O–H groups in total. The fraction of sp³-hybridized carbons (Fsp3) is 0.296. The smallest absolute Gasteiger partial charge is 0.229 e. The second-order valence-electron chi connectivity index (χ2n) is 10.0. The molecule has 1 aromatic carbocycles. The summed E-state index contributed by atoms with van der Waals surface area (Å²) in [4.78, 5) is 15.9. The topological polar surface area (TPSA) is 88.3 Å². The average molecular weight is 518 g/mol. The monoisotopic (exact) mass is 517 g/mol. The van der Waals surface area contributed by atoms with Gasteiger partial charge in [-0.05, 0) is 60.8 Å². The number of rotatable bonds is 4. The predicted octanol–water partition coefficient (Wildman–Crippen LogP) is 5.09. The van der Waals surface area contributed by atoms with Crippen LogP contribution in [0.5, 0.6) is 0 Å². The molecule has 0 radical (unpaired) electrons. The first kappa shape index (κ1) is 23.7. The van der Waals surface area contributed by atoms with Gasteiger partial charge in [0.15, 0.2) is 17.3 Å². The van der Waals surface area contributed by atoms with E-state index in [1.165, 1.54) is 29.1 Å². The Kier molecular flexibility index (Phi) is 5.80. The average Bonchev–Trinajstić information content (AvgIpc) is 3.01. The number of allylic oxidation sites excluding steroid dienone is 2. The van der Waals surface area contributed by atoms with E-state index in [1.807, 2.05) is 0 Å². The van der Waals surface area contributed by atoms with Gasteiger partial charge in [-0.15, -0.1) is 0 Å². The number of hydrogen-bond acceptors (Lipinski definition) is 7. The minimum atomic E-state index is -2.39. The van der Waals surface area contributed by atoms with Crippen LogP contribution in [0.15, 0.2) is 59.2 Å². The fourth-order valence-corrected chi connectivity index (χ4v) is 5.87. The van der Waals surface area contributed by atoms with E-state index in [9.17, 15) is 8.60 Å². The highest BCUT2D eigenvalue weighted by molar-refractivity contribution is 7.92. The summed E-state index contributed by atoms with van der Waals surface area (Å²) in [7, 11) is -0.227. The quantitative estimate of drug-likeness (QED) is 0.380. The van der Waals surface area contributed by atoms with Gasteiger partial charge in [0.25, 0.3) is 0 Å². The third-order valence-corrected chi connectivity index (χ3v) is 7.32. The number of aromatic nitrogens is 4. The number of hydrogen-bond donors (Lipinski definition) is 1. The maximum atomic E-state index is 14.8. The number of benzene rings is 1. The van der Waals surface area contributed by atoms with E-state index in [2.05, 4.69) is 60.9 Å². The Bertz CT molecular complexity index is 1680. The summed E-state index contributed by atoms with van der Waals surface area (Å²) >= 11 is 0. The minimum absolute atomic E-state index is 0.288. The van der Waals surface area contributed by atoms with Crippen molar-refractivity contribution in [3.05, 3.63) is 77.4 Å². The molecule has 8 nitrogen and oxygen atoms in total. The molecule has 190 valence electrons. The number of fused-ring (bicyclic) bond motifs is 1. The molecule has 4 heterocycles. The van der Waals surface area contributed by atoms with Crippen LogP contribution < -0.4 is 5.32 Å². The molecule has 0 saturated carbocycles. The third kappa shape index (κ3) is 4.74. The number of halogens is 1. The molecule has 4 aromatic rings. The highest BCUT2D eigenvalue weighted by Crippen LogP contribution is 2.37. The van der Waals surface area contributed by atoms with Crippen LogP contribution >= 0.6 is 0 Å². The van der Waals surface area contributed by atoms with Crippen molar-refractivity contribution in [1.29, 1.82) is 0 Å². The van der Waals surface area contributed by atoms with Crippen molar-refractivity contribution in [1.82, 2.24) is 24.4 Å². The lowest BCUT2D eigenvalue weighted by molar-refractivity contribution is 0.281. The molecule has 6 rings (SSSR count). The van der Waals surface area contributed by atoms with Crippen LogP contribution in [-0.4, -0.2) is 54.7 Å². The molecule has 0 spiro atoms. The van der Waals surface area contributed by atoms with Crippen molar-refractivity contribution in [2.45, 2.75) is 25.3 Å². The Morgan fingerprint density at radius 3 is 2.84 bits per heavy atom. The zero-order valence-electron chi connectivity index (χ0n) is 21.0. The predicted molar refractivity (Wildman–Crippen MR) is 145 cm³/mol. The number of nitrogens with one attached hydrogen (secondary N) is 1. The van der Waals surface area contributed by atoms with Crippen molar-refractivity contribution in [3.8, 4) is 5.82 Å². The van der Waals surface area contributed by atoms with Gasteiger partial charge in [-0.25, -0.2) is 18.6 Å². The van der Waals surface area contributed by atoms with E-state index in [0.29, 0.717) is 29.1 Å². The molecule has 2 aliphatic rings. The maximum absolute atomic E-state index is 14.8. The lowest BCUT2D eigenvalue weighted by Gasteiger charge is -2.33. The maximum Gasteiger partial charge on any atom is 0.229 e. The van der Waals surface area contributed by atoms with Crippen LogP contribution in [0, 0.1) is 5.82 Å². The summed E-state index contributed by atoms with van der Waals surface area (Å²) in [5.74, 6) is 1.18. The van der Waals surface area contributed by atoms with Gasteiger partial charge in [0.1, 0.15) is 5.82 Å². The Morgan fingerprint density at radius 1 is 1.16 bits per heavy atom. The van der Waals surface area contributed by atoms with E-state index in [-0.39, 0.29) is 5.39 Å². The Hall–Kier alpha value is -3.63. The van der Waals surface area contributed by atoms with Gasteiger partial charge in [0.05, 0.1) is 5.39 Å². The summed E-state index contributed by atoms with van der Waals surface area (Å²) in [6, 6.07) is 9.51. The Morgan fingerprint density at radius 2 is 2.00 bits per heavy atom. The van der Waals surface area contributed by atoms with E-state index in [0.717, 1.165) is 31.6 Å². The third-order valence-electron chi connectivity index (χ3n) is 6.69. The number of likely N-dealkylation sites (N-methyl/N-ethyl adjacent to an activating group) is 1. The van der Waals surface area contributed by atoms with Gasteiger partial charge in [-0.3, -0.25) is 4.57 Å². The van der Waals surface area contributed by atoms with Crippen molar-refractivity contribution in [3.63, 3.8) is 0 Å². The number of anilines is 2. The van der Waals surface area contributed by atoms with Gasteiger partial charge >= 0.3 is 0 Å². The van der Waals surface area contributed by atoms with E-state index < -0.39 is 15.5 Å². The van der Waals surface area contributed by atoms with Crippen LogP contribution in [0.4, 0.5) is 21.8 Å². The second-order valence-corrected chi connectivity index (χ2v) is 12.6. The first-order valence-corrected chi connectivity index (χ1v) is 14.5. The molecule has 3 aromatic heterocycles. The molecule has 1 aliphatic heterocycles. The molecule has 1 unspecified atom stereocenters. The molecular formula is C27H28FN7OS. The molecule has 0 saturated heterocycles. The number of nitrogens with zero attached hydrogens (tertiary/aromatic N) is 6. The van der Waals surface area contributed by atoms with Crippen LogP contribution in [0.1, 0.15) is 29.0 Å². The molecule has 1 aliphatic carbocycles.